The van der Waals surface area contributed by atoms with Gasteiger partial charge in [0.2, 0.25) is 0 Å². The van der Waals surface area contributed by atoms with Gasteiger partial charge in [-0.25, -0.2) is 12.7 Å². The molecule has 31 heavy (non-hydrogen) atoms. The molecule has 2 unspecified atom stereocenters. The number of amides is 1. The summed E-state index contributed by atoms with van der Waals surface area (Å²) in [6.07, 6.45) is 2.92. The molecular formula is C22H27ClN2O5S. The third-order valence-corrected chi connectivity index (χ3v) is 7.60. The largest absolute Gasteiger partial charge is 0.493 e. The summed E-state index contributed by atoms with van der Waals surface area (Å²) in [6.45, 7) is 2.44. The number of methoxy groups -OCH3 is 1. The second kappa shape index (κ2) is 9.46. The number of benzene rings is 2. The van der Waals surface area contributed by atoms with Crippen LogP contribution in [0.3, 0.4) is 0 Å². The van der Waals surface area contributed by atoms with E-state index < -0.39 is 22.0 Å². The van der Waals surface area contributed by atoms with Crippen LogP contribution in [-0.4, -0.2) is 44.6 Å². The molecule has 0 saturated carbocycles. The van der Waals surface area contributed by atoms with Gasteiger partial charge in [-0.05, 0) is 56.5 Å². The van der Waals surface area contributed by atoms with E-state index >= 15 is 0 Å². The van der Waals surface area contributed by atoms with E-state index in [1.165, 1.54) is 6.07 Å². The van der Waals surface area contributed by atoms with Gasteiger partial charge < -0.3 is 9.47 Å². The Kier molecular flexibility index (Phi) is 7.13. The van der Waals surface area contributed by atoms with Gasteiger partial charge in [0.25, 0.3) is 15.9 Å². The molecule has 2 atom stereocenters. The normalized spacial score (nSPS) is 19.6. The lowest BCUT2D eigenvalue weighted by molar-refractivity contribution is 0.0832. The Morgan fingerprint density at radius 2 is 2.00 bits per heavy atom. The Bertz CT molecular complexity index is 1050. The topological polar surface area (TPSA) is 84.9 Å². The predicted octanol–water partition coefficient (Wildman–Crippen LogP) is 3.37. The highest BCUT2D eigenvalue weighted by Crippen LogP contribution is 2.36. The number of fused-ring (bicyclic) bond motifs is 2. The number of halogens is 1. The third-order valence-electron chi connectivity index (χ3n) is 5.64. The molecule has 2 aromatic carbocycles. The van der Waals surface area contributed by atoms with Crippen LogP contribution in [0.1, 0.15) is 42.1 Å². The third kappa shape index (κ3) is 4.37. The summed E-state index contributed by atoms with van der Waals surface area (Å²) in [5.41, 5.74) is 1.39. The molecule has 9 heteroatoms. The second-order valence-corrected chi connectivity index (χ2v) is 9.42. The number of carbonyl (C=O) groups excluding carboxylic acids is 1. The Hall–Kier alpha value is -2.29. The van der Waals surface area contributed by atoms with Gasteiger partial charge in [0.1, 0.15) is 4.90 Å². The number of nitrogens with one attached hydrogen (secondary N) is 1. The van der Waals surface area contributed by atoms with Gasteiger partial charge >= 0.3 is 0 Å². The first kappa shape index (κ1) is 23.4. The molecular weight excluding hydrogens is 440 g/mol. The fourth-order valence-electron chi connectivity index (χ4n) is 4.10. The van der Waals surface area contributed by atoms with Gasteiger partial charge in [-0.15, -0.1) is 12.4 Å². The Morgan fingerprint density at radius 1 is 1.23 bits per heavy atom. The van der Waals surface area contributed by atoms with Gasteiger partial charge in [-0.3, -0.25) is 10.1 Å². The average molecular weight is 467 g/mol. The van der Waals surface area contributed by atoms with E-state index in [0.717, 1.165) is 40.6 Å². The van der Waals surface area contributed by atoms with Crippen LogP contribution in [0.5, 0.6) is 11.5 Å². The maximum Gasteiger partial charge on any atom is 0.269 e. The summed E-state index contributed by atoms with van der Waals surface area (Å²) in [6, 6.07) is 11.8. The number of sulfonamides is 1. The number of rotatable bonds is 7. The van der Waals surface area contributed by atoms with Crippen molar-refractivity contribution in [1.82, 2.24) is 9.62 Å². The lowest BCUT2D eigenvalue weighted by atomic mass is 10.0. The summed E-state index contributed by atoms with van der Waals surface area (Å²) < 4.78 is 38.0. The van der Waals surface area contributed by atoms with Crippen LogP contribution in [0.25, 0.3) is 0 Å². The van der Waals surface area contributed by atoms with Crippen molar-refractivity contribution in [3.8, 4) is 11.5 Å². The van der Waals surface area contributed by atoms with E-state index in [4.69, 9.17) is 9.47 Å². The predicted molar refractivity (Wildman–Crippen MR) is 119 cm³/mol. The fraction of sp³-hybridized carbons (Fsp3) is 0.409. The molecule has 0 radical (unpaired) electrons. The van der Waals surface area contributed by atoms with Crippen LogP contribution in [0.2, 0.25) is 0 Å². The number of aryl methyl sites for hydroxylation is 1. The Labute approximate surface area is 189 Å². The first-order valence-corrected chi connectivity index (χ1v) is 11.6. The quantitative estimate of drug-likeness (QED) is 0.630. The van der Waals surface area contributed by atoms with Crippen LogP contribution < -0.4 is 14.8 Å². The molecule has 4 rings (SSSR count). The smallest absolute Gasteiger partial charge is 0.269 e. The summed E-state index contributed by atoms with van der Waals surface area (Å²) in [5.74, 6) is 1.07. The summed E-state index contributed by atoms with van der Waals surface area (Å²) in [5, 5.41) is 3.38. The summed E-state index contributed by atoms with van der Waals surface area (Å²) in [4.78, 5) is 12.7. The minimum absolute atomic E-state index is 0. The molecule has 0 saturated heterocycles. The molecule has 2 heterocycles. The number of hydrogen-bond donors (Lipinski definition) is 1. The zero-order valence-electron chi connectivity index (χ0n) is 17.5. The molecule has 2 aliphatic heterocycles. The summed E-state index contributed by atoms with van der Waals surface area (Å²) in [7, 11) is -2.14. The lowest BCUT2D eigenvalue weighted by Crippen LogP contribution is -2.40. The van der Waals surface area contributed by atoms with Gasteiger partial charge in [0.15, 0.2) is 17.7 Å². The molecule has 0 bridgehead atoms. The van der Waals surface area contributed by atoms with Crippen LogP contribution in [-0.2, 0) is 16.4 Å². The van der Waals surface area contributed by atoms with Gasteiger partial charge in [-0.2, -0.15) is 0 Å². The van der Waals surface area contributed by atoms with E-state index in [-0.39, 0.29) is 29.1 Å². The molecule has 0 aliphatic carbocycles. The highest BCUT2D eigenvalue weighted by Gasteiger charge is 2.43. The number of ether oxygens (including phenoxy) is 2. The molecule has 168 valence electrons. The van der Waals surface area contributed by atoms with Gasteiger partial charge in [0, 0.05) is 12.5 Å². The molecule has 1 amide bonds. The molecule has 0 aromatic heterocycles. The molecule has 2 aromatic rings. The zero-order valence-corrected chi connectivity index (χ0v) is 19.2. The zero-order chi connectivity index (χ0) is 21.3. The van der Waals surface area contributed by atoms with Crippen LogP contribution >= 0.6 is 12.4 Å². The SMILES string of the molecule is COc1cccc2c1OC(NCCCC(C)N1C(=O)c3ccccc3S1(=O)=O)CC2.Cl. The van der Waals surface area contributed by atoms with Crippen molar-refractivity contribution < 1.29 is 22.7 Å². The monoisotopic (exact) mass is 466 g/mol. The fourth-order valence-corrected chi connectivity index (χ4v) is 5.89. The average Bonchev–Trinajstić information content (AvgIpc) is 2.96. The maximum absolute atomic E-state index is 12.8. The first-order chi connectivity index (χ1) is 14.4. The van der Waals surface area contributed by atoms with E-state index in [1.54, 1.807) is 32.2 Å². The van der Waals surface area contributed by atoms with Gasteiger partial charge in [0.05, 0.1) is 12.7 Å². The number of carbonyl (C=O) groups is 1. The van der Waals surface area contributed by atoms with Crippen molar-refractivity contribution >= 4 is 28.3 Å². The summed E-state index contributed by atoms with van der Waals surface area (Å²) >= 11 is 0. The highest BCUT2D eigenvalue weighted by atomic mass is 35.5. The highest BCUT2D eigenvalue weighted by molar-refractivity contribution is 7.90. The van der Waals surface area contributed by atoms with Gasteiger partial charge in [-0.1, -0.05) is 24.3 Å². The first-order valence-electron chi connectivity index (χ1n) is 10.2. The number of hydrogen-bond acceptors (Lipinski definition) is 6. The molecule has 1 N–H and O–H groups in total. The number of nitrogens with zero attached hydrogens (tertiary/aromatic N) is 1. The second-order valence-electron chi connectivity index (χ2n) is 7.64. The minimum atomic E-state index is -3.77. The Balaban J connectivity index is 0.00000272. The van der Waals surface area contributed by atoms with Crippen LogP contribution in [0.15, 0.2) is 47.4 Å². The van der Waals surface area contributed by atoms with E-state index in [2.05, 4.69) is 5.32 Å². The van der Waals surface area contributed by atoms with Crippen molar-refractivity contribution in [3.05, 3.63) is 53.6 Å². The molecule has 7 nitrogen and oxygen atoms in total. The van der Waals surface area contributed by atoms with E-state index in [9.17, 15) is 13.2 Å². The molecule has 0 fully saturated rings. The minimum Gasteiger partial charge on any atom is -0.493 e. The Morgan fingerprint density at radius 3 is 2.74 bits per heavy atom. The van der Waals surface area contributed by atoms with E-state index in [1.807, 2.05) is 18.2 Å². The molecule has 0 spiro atoms. The number of para-hydroxylation sites is 1. The van der Waals surface area contributed by atoms with Crippen molar-refractivity contribution in [2.24, 2.45) is 0 Å². The van der Waals surface area contributed by atoms with E-state index in [0.29, 0.717) is 13.0 Å². The van der Waals surface area contributed by atoms with Crippen LogP contribution in [0, 0.1) is 0 Å². The van der Waals surface area contributed by atoms with Crippen molar-refractivity contribution in [2.75, 3.05) is 13.7 Å². The molecule has 2 aliphatic rings. The van der Waals surface area contributed by atoms with Crippen molar-refractivity contribution in [1.29, 1.82) is 0 Å². The van der Waals surface area contributed by atoms with Crippen molar-refractivity contribution in [2.45, 2.75) is 49.8 Å². The maximum atomic E-state index is 12.8. The van der Waals surface area contributed by atoms with Crippen LogP contribution in [0.4, 0.5) is 0 Å². The van der Waals surface area contributed by atoms with Crippen molar-refractivity contribution in [3.63, 3.8) is 0 Å². The standard InChI is InChI=1S/C22H26N2O5S.ClH/c1-15(24-22(25)17-9-3-4-11-19(17)30(24,26)27)7-6-14-23-20-13-12-16-8-5-10-18(28-2)21(16)29-20;/h3-5,8-11,15,20,23H,6-7,12-14H2,1-2H3;1H. The lowest BCUT2D eigenvalue weighted by Gasteiger charge is -2.28.